The first-order valence-electron chi connectivity index (χ1n) is 7.01. The van der Waals surface area contributed by atoms with E-state index >= 15 is 0 Å². The smallest absolute Gasteiger partial charge is 0.323 e. The van der Waals surface area contributed by atoms with Crippen LogP contribution < -0.4 is 5.32 Å². The number of carboxylic acid groups (broad SMARTS) is 1. The summed E-state index contributed by atoms with van der Waals surface area (Å²) >= 11 is 0. The Labute approximate surface area is 112 Å². The van der Waals surface area contributed by atoms with Gasteiger partial charge in [0.15, 0.2) is 0 Å². The van der Waals surface area contributed by atoms with Crippen LogP contribution >= 0.6 is 0 Å². The number of hydrogen-bond acceptors (Lipinski definition) is 3. The number of unbranched alkanes of at least 4 members (excludes halogenated alkanes) is 2. The van der Waals surface area contributed by atoms with Crippen molar-refractivity contribution in [1.29, 1.82) is 0 Å². The summed E-state index contributed by atoms with van der Waals surface area (Å²) in [6.45, 7) is 9.78. The number of carboxylic acids is 1. The van der Waals surface area contributed by atoms with E-state index in [0.717, 1.165) is 13.1 Å². The third-order valence-corrected chi connectivity index (χ3v) is 3.22. The minimum atomic E-state index is -0.826. The van der Waals surface area contributed by atoms with Crippen LogP contribution in [0.3, 0.4) is 0 Å². The maximum absolute atomic E-state index is 11.3. The molecule has 0 aromatic carbocycles. The average Bonchev–Trinajstić information content (AvgIpc) is 2.25. The van der Waals surface area contributed by atoms with E-state index in [0.29, 0.717) is 6.42 Å². The lowest BCUT2D eigenvalue weighted by Gasteiger charge is -2.30. The molecule has 2 N–H and O–H groups in total. The van der Waals surface area contributed by atoms with Crippen LogP contribution in [0.25, 0.3) is 0 Å². The van der Waals surface area contributed by atoms with Gasteiger partial charge in [-0.3, -0.25) is 10.1 Å². The van der Waals surface area contributed by atoms with Gasteiger partial charge in [0, 0.05) is 12.6 Å². The second-order valence-electron chi connectivity index (χ2n) is 5.70. The Bertz CT molecular complexity index is 244. The average molecular weight is 258 g/mol. The minimum absolute atomic E-state index is 0.177. The van der Waals surface area contributed by atoms with Crippen molar-refractivity contribution in [1.82, 2.24) is 10.2 Å². The van der Waals surface area contributed by atoms with Crippen molar-refractivity contribution >= 4 is 5.97 Å². The molecule has 0 saturated carbocycles. The largest absolute Gasteiger partial charge is 0.480 e. The molecule has 0 fully saturated rings. The van der Waals surface area contributed by atoms with Crippen molar-refractivity contribution in [3.63, 3.8) is 0 Å². The van der Waals surface area contributed by atoms with E-state index in [1.165, 1.54) is 19.3 Å². The molecule has 0 aliphatic rings. The number of nitrogens with one attached hydrogen (secondary N) is 1. The van der Waals surface area contributed by atoms with Gasteiger partial charge < -0.3 is 10.0 Å². The fourth-order valence-electron chi connectivity index (χ4n) is 2.04. The van der Waals surface area contributed by atoms with Crippen molar-refractivity contribution in [2.45, 2.75) is 65.0 Å². The molecule has 0 radical (unpaired) electrons. The highest BCUT2D eigenvalue weighted by Gasteiger charge is 2.33. The van der Waals surface area contributed by atoms with E-state index in [-0.39, 0.29) is 6.04 Å². The van der Waals surface area contributed by atoms with Gasteiger partial charge in [-0.25, -0.2) is 0 Å². The van der Waals surface area contributed by atoms with Gasteiger partial charge >= 0.3 is 5.97 Å². The zero-order valence-electron chi connectivity index (χ0n) is 12.6. The molecule has 0 amide bonds. The van der Waals surface area contributed by atoms with Crippen molar-refractivity contribution in [2.24, 2.45) is 0 Å². The van der Waals surface area contributed by atoms with Gasteiger partial charge in [0.2, 0.25) is 0 Å². The number of hydrogen-bond donors (Lipinski definition) is 2. The van der Waals surface area contributed by atoms with Crippen LogP contribution in [0, 0.1) is 0 Å². The summed E-state index contributed by atoms with van der Waals surface area (Å²) in [6.07, 6.45) is 4.28. The van der Waals surface area contributed by atoms with Gasteiger partial charge in [-0.1, -0.05) is 19.8 Å². The Hall–Kier alpha value is -0.610. The monoisotopic (exact) mass is 258 g/mol. The summed E-state index contributed by atoms with van der Waals surface area (Å²) in [5, 5.41) is 12.5. The van der Waals surface area contributed by atoms with E-state index in [9.17, 15) is 9.90 Å². The van der Waals surface area contributed by atoms with Gasteiger partial charge in [-0.2, -0.15) is 0 Å². The quantitative estimate of drug-likeness (QED) is 0.591. The summed E-state index contributed by atoms with van der Waals surface area (Å²) in [7, 11) is 2.06. The van der Waals surface area contributed by atoms with Gasteiger partial charge in [0.25, 0.3) is 0 Å². The molecule has 0 rings (SSSR count). The van der Waals surface area contributed by atoms with Gasteiger partial charge in [-0.15, -0.1) is 0 Å². The molecule has 0 aliphatic heterocycles. The standard InChI is InChI=1S/C14H30N2O2/c1-6-7-8-10-16(5)11-9-14(4,13(17)18)15-12(2)3/h12,15H,6-11H2,1-5H3,(H,17,18). The van der Waals surface area contributed by atoms with E-state index < -0.39 is 11.5 Å². The predicted octanol–water partition coefficient (Wildman–Crippen LogP) is 2.34. The fourth-order valence-corrected chi connectivity index (χ4v) is 2.04. The molecular weight excluding hydrogens is 228 g/mol. The maximum Gasteiger partial charge on any atom is 0.323 e. The van der Waals surface area contributed by atoms with Crippen molar-refractivity contribution < 1.29 is 9.90 Å². The molecule has 0 aromatic heterocycles. The Balaban J connectivity index is 4.14. The van der Waals surface area contributed by atoms with Crippen LogP contribution in [0.15, 0.2) is 0 Å². The Morgan fingerprint density at radius 3 is 2.39 bits per heavy atom. The topological polar surface area (TPSA) is 52.6 Å². The summed E-state index contributed by atoms with van der Waals surface area (Å²) in [5.74, 6) is -0.766. The van der Waals surface area contributed by atoms with E-state index in [2.05, 4.69) is 24.2 Å². The molecule has 0 bridgehead atoms. The fraction of sp³-hybridized carbons (Fsp3) is 0.929. The highest BCUT2D eigenvalue weighted by Crippen LogP contribution is 2.12. The van der Waals surface area contributed by atoms with Crippen LogP contribution in [-0.2, 0) is 4.79 Å². The summed E-state index contributed by atoms with van der Waals surface area (Å²) in [4.78, 5) is 13.6. The van der Waals surface area contributed by atoms with E-state index in [1.54, 1.807) is 6.92 Å². The zero-order valence-corrected chi connectivity index (χ0v) is 12.6. The molecular formula is C14H30N2O2. The van der Waals surface area contributed by atoms with Gasteiger partial charge in [0.05, 0.1) is 0 Å². The SMILES string of the molecule is CCCCCN(C)CCC(C)(NC(C)C)C(=O)O. The molecule has 0 spiro atoms. The Morgan fingerprint density at radius 1 is 1.33 bits per heavy atom. The lowest BCUT2D eigenvalue weighted by molar-refractivity contribution is -0.144. The van der Waals surface area contributed by atoms with Crippen molar-refractivity contribution in [3.8, 4) is 0 Å². The summed E-state index contributed by atoms with van der Waals surface area (Å²) in [6, 6.07) is 0.177. The maximum atomic E-state index is 11.3. The third kappa shape index (κ3) is 6.97. The summed E-state index contributed by atoms with van der Waals surface area (Å²) < 4.78 is 0. The van der Waals surface area contributed by atoms with Crippen LogP contribution in [-0.4, -0.2) is 47.7 Å². The Kier molecular flexibility index (Phi) is 8.20. The molecule has 0 aromatic rings. The lowest BCUT2D eigenvalue weighted by atomic mass is 9.96. The normalized spacial score (nSPS) is 15.1. The van der Waals surface area contributed by atoms with Crippen molar-refractivity contribution in [2.75, 3.05) is 20.1 Å². The van der Waals surface area contributed by atoms with Crippen LogP contribution in [0.1, 0.15) is 53.4 Å². The third-order valence-electron chi connectivity index (χ3n) is 3.22. The van der Waals surface area contributed by atoms with Crippen LogP contribution in [0.2, 0.25) is 0 Å². The molecule has 4 heteroatoms. The predicted molar refractivity (Wildman–Crippen MR) is 76.0 cm³/mol. The number of rotatable bonds is 10. The molecule has 1 unspecified atom stereocenters. The minimum Gasteiger partial charge on any atom is -0.480 e. The Morgan fingerprint density at radius 2 is 1.94 bits per heavy atom. The van der Waals surface area contributed by atoms with E-state index in [4.69, 9.17) is 0 Å². The highest BCUT2D eigenvalue weighted by molar-refractivity contribution is 5.78. The molecule has 0 saturated heterocycles. The highest BCUT2D eigenvalue weighted by atomic mass is 16.4. The van der Waals surface area contributed by atoms with Gasteiger partial charge in [0.1, 0.15) is 5.54 Å². The lowest BCUT2D eigenvalue weighted by Crippen LogP contribution is -2.53. The molecule has 0 heterocycles. The first-order valence-corrected chi connectivity index (χ1v) is 7.01. The van der Waals surface area contributed by atoms with Crippen LogP contribution in [0.4, 0.5) is 0 Å². The molecule has 4 nitrogen and oxygen atoms in total. The van der Waals surface area contributed by atoms with E-state index in [1.807, 2.05) is 13.8 Å². The number of carbonyl (C=O) groups is 1. The van der Waals surface area contributed by atoms with Crippen molar-refractivity contribution in [3.05, 3.63) is 0 Å². The molecule has 108 valence electrons. The summed E-state index contributed by atoms with van der Waals surface area (Å²) in [5.41, 5.74) is -0.826. The molecule has 18 heavy (non-hydrogen) atoms. The van der Waals surface area contributed by atoms with Gasteiger partial charge in [-0.05, 0) is 47.2 Å². The van der Waals surface area contributed by atoms with Crippen LogP contribution in [0.5, 0.6) is 0 Å². The zero-order chi connectivity index (χ0) is 14.2. The second-order valence-corrected chi connectivity index (χ2v) is 5.70. The molecule has 0 aliphatic carbocycles. The first kappa shape index (κ1) is 17.4. The number of aliphatic carboxylic acids is 1. The second kappa shape index (κ2) is 8.48. The molecule has 1 atom stereocenters. The number of nitrogens with zero attached hydrogens (tertiary/aromatic N) is 1. The first-order chi connectivity index (χ1) is 8.31.